The summed E-state index contributed by atoms with van der Waals surface area (Å²) < 4.78 is 0. The Balaban J connectivity index is 1.82. The van der Waals surface area contributed by atoms with E-state index in [0.29, 0.717) is 0 Å². The lowest BCUT2D eigenvalue weighted by Gasteiger charge is -2.20. The third-order valence-corrected chi connectivity index (χ3v) is 3.10. The highest BCUT2D eigenvalue weighted by atomic mass is 15.2. The van der Waals surface area contributed by atoms with Crippen LogP contribution in [0.25, 0.3) is 0 Å². The maximum Gasteiger partial charge on any atom is 0.0300 e. The average molecular weight is 190 g/mol. The minimum absolute atomic E-state index is 0.784. The molecule has 1 aromatic rings. The second-order valence-corrected chi connectivity index (χ2v) is 4.14. The minimum Gasteiger partial charge on any atom is -0.300 e. The number of aromatic nitrogens is 1. The normalized spacial score (nSPS) is 22.8. The number of nitrogens with zero attached hydrogens (tertiary/aromatic N) is 2. The molecule has 0 spiro atoms. The summed E-state index contributed by atoms with van der Waals surface area (Å²) in [4.78, 5) is 6.71. The van der Waals surface area contributed by atoms with Crippen LogP contribution in [-0.2, 0) is 6.42 Å². The fourth-order valence-electron chi connectivity index (χ4n) is 2.14. The lowest BCUT2D eigenvalue weighted by atomic mass is 10.2. The van der Waals surface area contributed by atoms with Crippen molar-refractivity contribution in [1.29, 1.82) is 0 Å². The molecule has 1 aliphatic heterocycles. The van der Waals surface area contributed by atoms with Crippen LogP contribution in [0.5, 0.6) is 0 Å². The van der Waals surface area contributed by atoms with Crippen molar-refractivity contribution in [2.45, 2.75) is 32.2 Å². The van der Waals surface area contributed by atoms with Crippen molar-refractivity contribution in [2.75, 3.05) is 13.1 Å². The molecule has 0 radical (unpaired) electrons. The Bertz CT molecular complexity index is 271. The molecule has 1 fully saturated rings. The van der Waals surface area contributed by atoms with Gasteiger partial charge >= 0.3 is 0 Å². The maximum absolute atomic E-state index is 4.13. The molecule has 2 nitrogen and oxygen atoms in total. The molecule has 2 heteroatoms. The van der Waals surface area contributed by atoms with Gasteiger partial charge < -0.3 is 4.90 Å². The zero-order chi connectivity index (χ0) is 9.80. The second-order valence-electron chi connectivity index (χ2n) is 4.14. The van der Waals surface area contributed by atoms with Crippen LogP contribution < -0.4 is 0 Å². The van der Waals surface area contributed by atoms with Gasteiger partial charge in [0.05, 0.1) is 0 Å². The van der Waals surface area contributed by atoms with E-state index >= 15 is 0 Å². The first-order valence-corrected chi connectivity index (χ1v) is 5.49. The Hall–Kier alpha value is -0.890. The summed E-state index contributed by atoms with van der Waals surface area (Å²) in [5.41, 5.74) is 1.35. The van der Waals surface area contributed by atoms with Crippen molar-refractivity contribution in [3.05, 3.63) is 30.1 Å². The van der Waals surface area contributed by atoms with Gasteiger partial charge in [-0.1, -0.05) is 6.07 Å². The van der Waals surface area contributed by atoms with Gasteiger partial charge in [-0.05, 0) is 44.4 Å². The van der Waals surface area contributed by atoms with E-state index in [9.17, 15) is 0 Å². The van der Waals surface area contributed by atoms with Gasteiger partial charge in [0.25, 0.3) is 0 Å². The van der Waals surface area contributed by atoms with E-state index in [1.165, 1.54) is 31.5 Å². The summed E-state index contributed by atoms with van der Waals surface area (Å²) in [5, 5.41) is 0. The predicted molar refractivity (Wildman–Crippen MR) is 58.2 cm³/mol. The molecular weight excluding hydrogens is 172 g/mol. The van der Waals surface area contributed by atoms with Crippen molar-refractivity contribution < 1.29 is 0 Å². The average Bonchev–Trinajstić information content (AvgIpc) is 2.63. The lowest BCUT2D eigenvalue weighted by Crippen LogP contribution is -2.28. The van der Waals surface area contributed by atoms with Gasteiger partial charge in [0.15, 0.2) is 0 Å². The molecule has 0 N–H and O–H groups in total. The molecule has 1 saturated heterocycles. The van der Waals surface area contributed by atoms with Crippen LogP contribution in [0, 0.1) is 0 Å². The van der Waals surface area contributed by atoms with Gasteiger partial charge in [-0.25, -0.2) is 0 Å². The molecule has 0 aliphatic carbocycles. The summed E-state index contributed by atoms with van der Waals surface area (Å²) in [6.07, 6.45) is 7.68. The van der Waals surface area contributed by atoms with Crippen LogP contribution in [0.3, 0.4) is 0 Å². The third-order valence-electron chi connectivity index (χ3n) is 3.10. The molecule has 0 saturated carbocycles. The van der Waals surface area contributed by atoms with E-state index in [1.807, 2.05) is 18.5 Å². The van der Waals surface area contributed by atoms with E-state index in [4.69, 9.17) is 0 Å². The van der Waals surface area contributed by atoms with Crippen LogP contribution in [0.4, 0.5) is 0 Å². The van der Waals surface area contributed by atoms with Gasteiger partial charge in [0, 0.05) is 25.0 Å². The van der Waals surface area contributed by atoms with E-state index in [1.54, 1.807) is 0 Å². The fraction of sp³-hybridized carbons (Fsp3) is 0.583. The monoisotopic (exact) mass is 190 g/mol. The van der Waals surface area contributed by atoms with Gasteiger partial charge in [0.1, 0.15) is 0 Å². The molecule has 1 atom stereocenters. The number of likely N-dealkylation sites (tertiary alicyclic amines) is 1. The first kappa shape index (κ1) is 9.66. The lowest BCUT2D eigenvalue weighted by molar-refractivity contribution is 0.272. The molecule has 0 bridgehead atoms. The highest BCUT2D eigenvalue weighted by molar-refractivity contribution is 5.08. The van der Waals surface area contributed by atoms with Crippen molar-refractivity contribution in [2.24, 2.45) is 0 Å². The van der Waals surface area contributed by atoms with Crippen LogP contribution in [0.1, 0.15) is 25.3 Å². The zero-order valence-corrected chi connectivity index (χ0v) is 8.82. The molecule has 14 heavy (non-hydrogen) atoms. The Labute approximate surface area is 86.0 Å². The van der Waals surface area contributed by atoms with Gasteiger partial charge in [-0.15, -0.1) is 0 Å². The van der Waals surface area contributed by atoms with Crippen molar-refractivity contribution in [3.8, 4) is 0 Å². The highest BCUT2D eigenvalue weighted by Crippen LogP contribution is 2.16. The number of rotatable bonds is 3. The van der Waals surface area contributed by atoms with E-state index in [2.05, 4.69) is 22.9 Å². The van der Waals surface area contributed by atoms with Gasteiger partial charge in [-0.3, -0.25) is 4.98 Å². The van der Waals surface area contributed by atoms with E-state index < -0.39 is 0 Å². The van der Waals surface area contributed by atoms with Crippen molar-refractivity contribution in [3.63, 3.8) is 0 Å². The Morgan fingerprint density at radius 3 is 3.14 bits per heavy atom. The summed E-state index contributed by atoms with van der Waals surface area (Å²) in [5.74, 6) is 0. The third kappa shape index (κ3) is 2.32. The Morgan fingerprint density at radius 1 is 1.57 bits per heavy atom. The highest BCUT2D eigenvalue weighted by Gasteiger charge is 2.19. The van der Waals surface area contributed by atoms with Gasteiger partial charge in [-0.2, -0.15) is 0 Å². The van der Waals surface area contributed by atoms with Crippen LogP contribution in [-0.4, -0.2) is 29.0 Å². The first-order valence-electron chi connectivity index (χ1n) is 5.49. The smallest absolute Gasteiger partial charge is 0.0300 e. The summed E-state index contributed by atoms with van der Waals surface area (Å²) in [6, 6.07) is 4.96. The topological polar surface area (TPSA) is 16.1 Å². The fourth-order valence-corrected chi connectivity index (χ4v) is 2.14. The predicted octanol–water partition coefficient (Wildman–Crippen LogP) is 2.11. The quantitative estimate of drug-likeness (QED) is 0.725. The molecule has 0 aromatic carbocycles. The second kappa shape index (κ2) is 4.56. The standard InChI is InChI=1S/C12H18N2/c1-11-4-3-8-14(11)9-6-12-5-2-7-13-10-12/h2,5,7,10-11H,3-4,6,8-9H2,1H3/t11-/m1/s1. The molecular formula is C12H18N2. The zero-order valence-electron chi connectivity index (χ0n) is 8.82. The van der Waals surface area contributed by atoms with Crippen LogP contribution in [0.15, 0.2) is 24.5 Å². The summed E-state index contributed by atoms with van der Waals surface area (Å²) >= 11 is 0. The Morgan fingerprint density at radius 2 is 2.50 bits per heavy atom. The number of hydrogen-bond donors (Lipinski definition) is 0. The van der Waals surface area contributed by atoms with E-state index in [-0.39, 0.29) is 0 Å². The van der Waals surface area contributed by atoms with Crippen molar-refractivity contribution in [1.82, 2.24) is 9.88 Å². The number of hydrogen-bond acceptors (Lipinski definition) is 2. The molecule has 0 unspecified atom stereocenters. The summed E-state index contributed by atoms with van der Waals surface area (Å²) in [6.45, 7) is 4.80. The largest absolute Gasteiger partial charge is 0.300 e. The minimum atomic E-state index is 0.784. The molecule has 2 rings (SSSR count). The molecule has 2 heterocycles. The summed E-state index contributed by atoms with van der Waals surface area (Å²) in [7, 11) is 0. The molecule has 0 amide bonds. The molecule has 1 aliphatic rings. The van der Waals surface area contributed by atoms with E-state index in [0.717, 1.165) is 12.5 Å². The van der Waals surface area contributed by atoms with Crippen molar-refractivity contribution >= 4 is 0 Å². The maximum atomic E-state index is 4.13. The van der Waals surface area contributed by atoms with Gasteiger partial charge in [0.2, 0.25) is 0 Å². The Kier molecular flexibility index (Phi) is 3.14. The molecule has 76 valence electrons. The first-order chi connectivity index (χ1) is 6.86. The SMILES string of the molecule is C[C@@H]1CCCN1CCc1cccnc1. The van der Waals surface area contributed by atoms with Crippen LogP contribution in [0.2, 0.25) is 0 Å². The van der Waals surface area contributed by atoms with Crippen LogP contribution >= 0.6 is 0 Å². The molecule has 1 aromatic heterocycles. The number of pyridine rings is 1.